The van der Waals surface area contributed by atoms with E-state index in [-0.39, 0.29) is 0 Å². The first kappa shape index (κ1) is 15.4. The van der Waals surface area contributed by atoms with Crippen molar-refractivity contribution in [3.8, 4) is 0 Å². The first-order valence-electron chi connectivity index (χ1n) is 8.97. The molecular weight excluding hydrogens is 230 g/mol. The summed E-state index contributed by atoms with van der Waals surface area (Å²) in [6.45, 7) is 8.53. The molecule has 2 saturated carbocycles. The lowest BCUT2D eigenvalue weighted by atomic mass is 9.67. The maximum atomic E-state index is 3.80. The van der Waals surface area contributed by atoms with E-state index in [9.17, 15) is 0 Å². The van der Waals surface area contributed by atoms with Crippen LogP contribution in [0.4, 0.5) is 0 Å². The van der Waals surface area contributed by atoms with E-state index in [2.05, 4.69) is 26.1 Å². The van der Waals surface area contributed by atoms with Crippen LogP contribution in [0.2, 0.25) is 0 Å². The van der Waals surface area contributed by atoms with Crippen molar-refractivity contribution in [3.63, 3.8) is 0 Å². The van der Waals surface area contributed by atoms with E-state index < -0.39 is 0 Å². The maximum Gasteiger partial charge on any atom is 0.00683 e. The fourth-order valence-corrected chi connectivity index (χ4v) is 4.25. The molecular formula is C18H35N. The van der Waals surface area contributed by atoms with Crippen molar-refractivity contribution in [3.05, 3.63) is 0 Å². The van der Waals surface area contributed by atoms with Crippen LogP contribution >= 0.6 is 0 Å². The monoisotopic (exact) mass is 265 g/mol. The second kappa shape index (κ2) is 7.67. The first-order chi connectivity index (χ1) is 9.24. The Bertz CT molecular complexity index is 246. The Balaban J connectivity index is 1.86. The molecule has 1 N–H and O–H groups in total. The van der Waals surface area contributed by atoms with Crippen LogP contribution in [0.15, 0.2) is 0 Å². The minimum atomic E-state index is 0.885. The summed E-state index contributed by atoms with van der Waals surface area (Å²) in [5.74, 6) is 3.94. The summed E-state index contributed by atoms with van der Waals surface area (Å²) in [5.41, 5.74) is 0. The van der Waals surface area contributed by atoms with E-state index >= 15 is 0 Å². The van der Waals surface area contributed by atoms with Gasteiger partial charge in [0.15, 0.2) is 0 Å². The van der Waals surface area contributed by atoms with Gasteiger partial charge in [0, 0.05) is 6.04 Å². The molecule has 2 rings (SSSR count). The average molecular weight is 265 g/mol. The van der Waals surface area contributed by atoms with Crippen molar-refractivity contribution in [1.29, 1.82) is 0 Å². The lowest BCUT2D eigenvalue weighted by Crippen LogP contribution is -2.37. The molecule has 0 aromatic carbocycles. The highest BCUT2D eigenvalue weighted by Gasteiger charge is 2.34. The highest BCUT2D eigenvalue weighted by molar-refractivity contribution is 4.87. The van der Waals surface area contributed by atoms with Gasteiger partial charge in [0.1, 0.15) is 0 Å². The zero-order valence-corrected chi connectivity index (χ0v) is 13.5. The van der Waals surface area contributed by atoms with Crippen LogP contribution < -0.4 is 5.32 Å². The molecule has 0 saturated heterocycles. The zero-order chi connectivity index (χ0) is 13.7. The molecule has 0 spiro atoms. The molecule has 0 heterocycles. The number of nitrogens with one attached hydrogen (secondary N) is 1. The summed E-state index contributed by atoms with van der Waals surface area (Å²) in [6.07, 6.45) is 13.0. The van der Waals surface area contributed by atoms with Gasteiger partial charge in [-0.1, -0.05) is 52.9 Å². The Labute approximate surface area is 120 Å². The Morgan fingerprint density at radius 3 is 2.47 bits per heavy atom. The third-order valence-electron chi connectivity index (χ3n) is 5.57. The molecule has 4 atom stereocenters. The highest BCUT2D eigenvalue weighted by atomic mass is 14.9. The molecule has 112 valence electrons. The lowest BCUT2D eigenvalue weighted by Gasteiger charge is -2.40. The van der Waals surface area contributed by atoms with Crippen LogP contribution in [0.1, 0.15) is 78.6 Å². The largest absolute Gasteiger partial charge is 0.314 e. The van der Waals surface area contributed by atoms with E-state index in [0.29, 0.717) is 0 Å². The van der Waals surface area contributed by atoms with Gasteiger partial charge in [0.25, 0.3) is 0 Å². The molecule has 1 heteroatoms. The van der Waals surface area contributed by atoms with Crippen molar-refractivity contribution < 1.29 is 0 Å². The maximum absolute atomic E-state index is 3.80. The molecule has 19 heavy (non-hydrogen) atoms. The van der Waals surface area contributed by atoms with Gasteiger partial charge in [-0.2, -0.15) is 0 Å². The van der Waals surface area contributed by atoms with Crippen LogP contribution in [0.25, 0.3) is 0 Å². The molecule has 0 aromatic rings. The predicted octanol–water partition coefficient (Wildman–Crippen LogP) is 5.01. The highest BCUT2D eigenvalue weighted by Crippen LogP contribution is 2.41. The quantitative estimate of drug-likeness (QED) is 0.650. The Hall–Kier alpha value is -0.0400. The first-order valence-corrected chi connectivity index (χ1v) is 8.97. The normalized spacial score (nSPS) is 33.3. The van der Waals surface area contributed by atoms with Gasteiger partial charge >= 0.3 is 0 Å². The van der Waals surface area contributed by atoms with Crippen LogP contribution in [-0.2, 0) is 0 Å². The molecule has 4 unspecified atom stereocenters. The van der Waals surface area contributed by atoms with Crippen molar-refractivity contribution in [2.24, 2.45) is 23.7 Å². The zero-order valence-electron chi connectivity index (χ0n) is 13.5. The predicted molar refractivity (Wildman–Crippen MR) is 84.3 cm³/mol. The minimum Gasteiger partial charge on any atom is -0.314 e. The number of rotatable bonds is 8. The molecule has 0 radical (unpaired) electrons. The second-order valence-electron chi connectivity index (χ2n) is 7.34. The fourth-order valence-electron chi connectivity index (χ4n) is 4.25. The Morgan fingerprint density at radius 2 is 1.84 bits per heavy atom. The van der Waals surface area contributed by atoms with Gasteiger partial charge < -0.3 is 5.32 Å². The lowest BCUT2D eigenvalue weighted by molar-refractivity contribution is 0.115. The van der Waals surface area contributed by atoms with Gasteiger partial charge in [0.2, 0.25) is 0 Å². The summed E-state index contributed by atoms with van der Waals surface area (Å²) in [4.78, 5) is 0. The summed E-state index contributed by atoms with van der Waals surface area (Å²) in [5, 5.41) is 3.80. The molecule has 0 bridgehead atoms. The number of hydrogen-bond donors (Lipinski definition) is 1. The van der Waals surface area contributed by atoms with Crippen LogP contribution in [0, 0.1) is 23.7 Å². The van der Waals surface area contributed by atoms with E-state index in [4.69, 9.17) is 0 Å². The summed E-state index contributed by atoms with van der Waals surface area (Å²) >= 11 is 0. The van der Waals surface area contributed by atoms with Crippen molar-refractivity contribution in [2.75, 3.05) is 6.54 Å². The van der Waals surface area contributed by atoms with Crippen molar-refractivity contribution in [1.82, 2.24) is 5.32 Å². The molecule has 1 nitrogen and oxygen atoms in total. The molecule has 2 aliphatic rings. The van der Waals surface area contributed by atoms with Crippen LogP contribution in [0.3, 0.4) is 0 Å². The van der Waals surface area contributed by atoms with Gasteiger partial charge in [0.05, 0.1) is 0 Å². The van der Waals surface area contributed by atoms with E-state index in [1.54, 1.807) is 0 Å². The van der Waals surface area contributed by atoms with Gasteiger partial charge in [-0.3, -0.25) is 0 Å². The standard InChI is InChI=1S/C18H35N/c1-4-6-14(3)18-12-15(7-5-2)8-9-16(18)13-19-17-10-11-17/h14-19H,4-13H2,1-3H3. The van der Waals surface area contributed by atoms with Gasteiger partial charge in [-0.05, 0) is 55.9 Å². The third kappa shape index (κ3) is 4.77. The smallest absolute Gasteiger partial charge is 0.00683 e. The molecule has 0 amide bonds. The molecule has 0 aliphatic heterocycles. The van der Waals surface area contributed by atoms with E-state index in [0.717, 1.165) is 29.7 Å². The Kier molecular flexibility index (Phi) is 6.19. The topological polar surface area (TPSA) is 12.0 Å². The van der Waals surface area contributed by atoms with E-state index in [1.807, 2.05) is 0 Å². The molecule has 0 aromatic heterocycles. The SMILES string of the molecule is CCCC1CCC(CNC2CC2)C(C(C)CCC)C1. The summed E-state index contributed by atoms with van der Waals surface area (Å²) in [7, 11) is 0. The average Bonchev–Trinajstić information content (AvgIpc) is 3.22. The minimum absolute atomic E-state index is 0.885. The third-order valence-corrected chi connectivity index (χ3v) is 5.57. The molecule has 2 fully saturated rings. The summed E-state index contributed by atoms with van der Waals surface area (Å²) < 4.78 is 0. The van der Waals surface area contributed by atoms with E-state index in [1.165, 1.54) is 64.3 Å². The van der Waals surface area contributed by atoms with Gasteiger partial charge in [-0.15, -0.1) is 0 Å². The van der Waals surface area contributed by atoms with Gasteiger partial charge in [-0.25, -0.2) is 0 Å². The van der Waals surface area contributed by atoms with Crippen LogP contribution in [0.5, 0.6) is 0 Å². The van der Waals surface area contributed by atoms with Crippen molar-refractivity contribution in [2.45, 2.75) is 84.6 Å². The number of hydrogen-bond acceptors (Lipinski definition) is 1. The Morgan fingerprint density at radius 1 is 1.05 bits per heavy atom. The fraction of sp³-hybridized carbons (Fsp3) is 1.00. The van der Waals surface area contributed by atoms with Crippen LogP contribution in [-0.4, -0.2) is 12.6 Å². The summed E-state index contributed by atoms with van der Waals surface area (Å²) in [6, 6.07) is 0.885. The van der Waals surface area contributed by atoms with Crippen molar-refractivity contribution >= 4 is 0 Å². The second-order valence-corrected chi connectivity index (χ2v) is 7.34. The molecule has 2 aliphatic carbocycles.